The highest BCUT2D eigenvalue weighted by Gasteiger charge is 2.29. The van der Waals surface area contributed by atoms with E-state index >= 15 is 0 Å². The summed E-state index contributed by atoms with van der Waals surface area (Å²) in [7, 11) is 3.39. The van der Waals surface area contributed by atoms with Crippen molar-refractivity contribution in [1.82, 2.24) is 9.80 Å². The second-order valence-electron chi connectivity index (χ2n) is 8.21. The average Bonchev–Trinajstić information content (AvgIpc) is 2.73. The van der Waals surface area contributed by atoms with E-state index in [0.29, 0.717) is 29.2 Å². The molecule has 7 heteroatoms. The number of anilines is 1. The summed E-state index contributed by atoms with van der Waals surface area (Å²) in [5.74, 6) is -0.439. The number of aryl methyl sites for hydroxylation is 2. The van der Waals surface area contributed by atoms with E-state index in [2.05, 4.69) is 5.32 Å². The topological polar surface area (TPSA) is 69.7 Å². The van der Waals surface area contributed by atoms with Gasteiger partial charge in [0.05, 0.1) is 11.6 Å². The molecule has 1 heterocycles. The van der Waals surface area contributed by atoms with Crippen LogP contribution in [0.5, 0.6) is 0 Å². The fourth-order valence-electron chi connectivity index (χ4n) is 3.74. The number of nitrogens with one attached hydrogen (secondary N) is 1. The van der Waals surface area contributed by atoms with Crippen molar-refractivity contribution < 1.29 is 14.4 Å². The number of carbonyl (C=O) groups is 3. The number of hydrogen-bond donors (Lipinski definition) is 1. The first-order chi connectivity index (χ1) is 14.7. The van der Waals surface area contributed by atoms with Crippen LogP contribution in [0.3, 0.4) is 0 Å². The molecule has 1 unspecified atom stereocenters. The predicted molar refractivity (Wildman–Crippen MR) is 125 cm³/mol. The van der Waals surface area contributed by atoms with Gasteiger partial charge in [-0.15, -0.1) is 0 Å². The van der Waals surface area contributed by atoms with Gasteiger partial charge in [0, 0.05) is 37.6 Å². The van der Waals surface area contributed by atoms with E-state index in [1.165, 1.54) is 4.90 Å². The standard InChI is InChI=1S/C24H29N3O3S/c1-16-12-17(2)14-19(13-16)23(29)27-11-7-8-18(15-27)22(28)25-20-9-5-6-10-21(20)31-24(30)26(3)4/h5-6,9-10,12-14,18H,7-8,11,15H2,1-4H3,(H,25,28). The zero-order valence-corrected chi connectivity index (χ0v) is 19.3. The van der Waals surface area contributed by atoms with Crippen molar-refractivity contribution in [3.63, 3.8) is 0 Å². The van der Waals surface area contributed by atoms with Crippen LogP contribution in [-0.2, 0) is 4.79 Å². The molecule has 1 atom stereocenters. The maximum atomic E-state index is 13.0. The van der Waals surface area contributed by atoms with Gasteiger partial charge < -0.3 is 15.1 Å². The van der Waals surface area contributed by atoms with Crippen molar-refractivity contribution in [3.8, 4) is 0 Å². The summed E-state index contributed by atoms with van der Waals surface area (Å²) in [6.07, 6.45) is 1.51. The van der Waals surface area contributed by atoms with Gasteiger partial charge in [0.25, 0.3) is 11.1 Å². The van der Waals surface area contributed by atoms with Gasteiger partial charge >= 0.3 is 0 Å². The minimum Gasteiger partial charge on any atom is -0.339 e. The molecule has 3 rings (SSSR count). The molecule has 31 heavy (non-hydrogen) atoms. The molecule has 1 N–H and O–H groups in total. The molecule has 2 aromatic carbocycles. The largest absolute Gasteiger partial charge is 0.339 e. The number of benzene rings is 2. The van der Waals surface area contributed by atoms with Gasteiger partial charge in [0.2, 0.25) is 5.91 Å². The molecular weight excluding hydrogens is 410 g/mol. The van der Waals surface area contributed by atoms with Crippen LogP contribution in [0.15, 0.2) is 47.4 Å². The van der Waals surface area contributed by atoms with E-state index in [4.69, 9.17) is 0 Å². The van der Waals surface area contributed by atoms with E-state index in [0.717, 1.165) is 35.7 Å². The Morgan fingerprint density at radius 2 is 1.74 bits per heavy atom. The van der Waals surface area contributed by atoms with Gasteiger partial charge in [-0.25, -0.2) is 0 Å². The Morgan fingerprint density at radius 1 is 1.06 bits per heavy atom. The number of piperidine rings is 1. The molecule has 1 aliphatic heterocycles. The minimum absolute atomic E-state index is 0.0307. The van der Waals surface area contributed by atoms with Crippen LogP contribution < -0.4 is 5.32 Å². The third-order valence-electron chi connectivity index (χ3n) is 5.26. The van der Waals surface area contributed by atoms with Crippen LogP contribution in [0, 0.1) is 19.8 Å². The Bertz CT molecular complexity index is 970. The van der Waals surface area contributed by atoms with Gasteiger partial charge in [-0.05, 0) is 62.7 Å². The second kappa shape index (κ2) is 10.0. The molecule has 1 fully saturated rings. The van der Waals surface area contributed by atoms with E-state index < -0.39 is 0 Å². The molecule has 0 aliphatic carbocycles. The third kappa shape index (κ3) is 5.88. The maximum Gasteiger partial charge on any atom is 0.286 e. The number of likely N-dealkylation sites (tertiary alicyclic amines) is 1. The molecule has 3 amide bonds. The van der Waals surface area contributed by atoms with E-state index in [1.54, 1.807) is 25.1 Å². The first-order valence-electron chi connectivity index (χ1n) is 10.4. The van der Waals surface area contributed by atoms with Crippen LogP contribution in [-0.4, -0.2) is 54.0 Å². The number of para-hydroxylation sites is 1. The van der Waals surface area contributed by atoms with Crippen molar-refractivity contribution in [2.75, 3.05) is 32.5 Å². The number of rotatable bonds is 4. The van der Waals surface area contributed by atoms with Crippen LogP contribution in [0.2, 0.25) is 0 Å². The average molecular weight is 440 g/mol. The quantitative estimate of drug-likeness (QED) is 0.709. The second-order valence-corrected chi connectivity index (χ2v) is 9.21. The Labute approximate surface area is 188 Å². The molecule has 0 saturated carbocycles. The van der Waals surface area contributed by atoms with Gasteiger partial charge in [-0.1, -0.05) is 29.3 Å². The molecule has 2 aromatic rings. The van der Waals surface area contributed by atoms with Gasteiger partial charge in [-0.3, -0.25) is 14.4 Å². The van der Waals surface area contributed by atoms with Crippen molar-refractivity contribution in [1.29, 1.82) is 0 Å². The lowest BCUT2D eigenvalue weighted by Crippen LogP contribution is -2.43. The Morgan fingerprint density at radius 3 is 2.42 bits per heavy atom. The first-order valence-corrected chi connectivity index (χ1v) is 11.2. The summed E-state index contributed by atoms with van der Waals surface area (Å²) in [5.41, 5.74) is 3.39. The first kappa shape index (κ1) is 22.9. The highest BCUT2D eigenvalue weighted by atomic mass is 32.2. The summed E-state index contributed by atoms with van der Waals surface area (Å²) in [4.78, 5) is 42.1. The lowest BCUT2D eigenvalue weighted by atomic mass is 9.96. The van der Waals surface area contributed by atoms with Crippen molar-refractivity contribution in [2.45, 2.75) is 31.6 Å². The molecule has 1 aliphatic rings. The lowest BCUT2D eigenvalue weighted by molar-refractivity contribution is -0.121. The lowest BCUT2D eigenvalue weighted by Gasteiger charge is -2.32. The van der Waals surface area contributed by atoms with Crippen molar-refractivity contribution in [2.24, 2.45) is 5.92 Å². The molecular formula is C24H29N3O3S. The number of carbonyl (C=O) groups excluding carboxylic acids is 3. The summed E-state index contributed by atoms with van der Waals surface area (Å²) < 4.78 is 0. The molecule has 1 saturated heterocycles. The summed E-state index contributed by atoms with van der Waals surface area (Å²) in [6.45, 7) is 5.00. The number of thioether (sulfide) groups is 1. The third-order valence-corrected chi connectivity index (χ3v) is 6.37. The Kier molecular flexibility index (Phi) is 7.38. The normalized spacial score (nSPS) is 16.0. The fraction of sp³-hybridized carbons (Fsp3) is 0.375. The SMILES string of the molecule is Cc1cc(C)cc(C(=O)N2CCCC(C(=O)Nc3ccccc3SC(=O)N(C)C)C2)c1. The smallest absolute Gasteiger partial charge is 0.286 e. The highest BCUT2D eigenvalue weighted by Crippen LogP contribution is 2.30. The highest BCUT2D eigenvalue weighted by molar-refractivity contribution is 8.13. The number of nitrogens with zero attached hydrogens (tertiary/aromatic N) is 2. The summed E-state index contributed by atoms with van der Waals surface area (Å²) >= 11 is 1.08. The van der Waals surface area contributed by atoms with E-state index in [1.807, 2.05) is 50.2 Å². The van der Waals surface area contributed by atoms with E-state index in [9.17, 15) is 14.4 Å². The molecule has 0 bridgehead atoms. The number of amides is 3. The zero-order valence-electron chi connectivity index (χ0n) is 18.5. The van der Waals surface area contributed by atoms with Crippen LogP contribution in [0.4, 0.5) is 10.5 Å². The zero-order chi connectivity index (χ0) is 22.5. The predicted octanol–water partition coefficient (Wildman–Crippen LogP) is 4.57. The van der Waals surface area contributed by atoms with E-state index in [-0.39, 0.29) is 23.0 Å². The van der Waals surface area contributed by atoms with Crippen molar-refractivity contribution in [3.05, 3.63) is 59.2 Å². The molecule has 0 radical (unpaired) electrons. The summed E-state index contributed by atoms with van der Waals surface area (Å²) in [6, 6.07) is 13.1. The van der Waals surface area contributed by atoms with Crippen LogP contribution in [0.25, 0.3) is 0 Å². The fourth-order valence-corrected chi connectivity index (χ4v) is 4.48. The summed E-state index contributed by atoms with van der Waals surface area (Å²) in [5, 5.41) is 2.87. The Hall–Kier alpha value is -2.80. The molecule has 0 spiro atoms. The van der Waals surface area contributed by atoms with Crippen LogP contribution >= 0.6 is 11.8 Å². The molecule has 0 aromatic heterocycles. The molecule has 164 valence electrons. The van der Waals surface area contributed by atoms with Gasteiger partial charge in [-0.2, -0.15) is 0 Å². The Balaban J connectivity index is 1.69. The number of hydrogen-bond acceptors (Lipinski definition) is 4. The van der Waals surface area contributed by atoms with Crippen molar-refractivity contribution >= 4 is 34.5 Å². The molecule has 6 nitrogen and oxygen atoms in total. The minimum atomic E-state index is -0.286. The van der Waals surface area contributed by atoms with Gasteiger partial charge in [0.15, 0.2) is 0 Å². The monoisotopic (exact) mass is 439 g/mol. The van der Waals surface area contributed by atoms with Crippen LogP contribution in [0.1, 0.15) is 34.3 Å². The van der Waals surface area contributed by atoms with Gasteiger partial charge in [0.1, 0.15) is 0 Å². The maximum absolute atomic E-state index is 13.0.